The first-order chi connectivity index (χ1) is 10.8. The highest BCUT2D eigenvalue weighted by atomic mass is 16.7. The van der Waals surface area contributed by atoms with Crippen LogP contribution in [-0.2, 0) is 19.0 Å². The van der Waals surface area contributed by atoms with Crippen LogP contribution < -0.4 is 0 Å². The largest absolute Gasteiger partial charge is 0.479 e. The summed E-state index contributed by atoms with van der Waals surface area (Å²) in [6.45, 7) is -1.13. The molecule has 134 valence electrons. The lowest BCUT2D eigenvalue weighted by atomic mass is 9.98. The Labute approximate surface area is 130 Å². The molecular weight excluding hydrogens is 320 g/mol. The van der Waals surface area contributed by atoms with Gasteiger partial charge in [0.25, 0.3) is 0 Å². The highest BCUT2D eigenvalue weighted by molar-refractivity contribution is 5.73. The van der Waals surface area contributed by atoms with Crippen molar-refractivity contribution in [2.45, 2.75) is 55.1 Å². The number of rotatable bonds is 5. The van der Waals surface area contributed by atoms with E-state index < -0.39 is 74.3 Å². The number of aliphatic hydroxyl groups excluding tert-OH is 6. The molecular formula is C12H20O11. The molecule has 0 radical (unpaired) electrons. The van der Waals surface area contributed by atoms with Gasteiger partial charge in [-0.2, -0.15) is 0 Å². The third-order valence-electron chi connectivity index (χ3n) is 3.90. The molecule has 2 saturated heterocycles. The van der Waals surface area contributed by atoms with E-state index in [1.54, 1.807) is 0 Å². The predicted octanol–water partition coefficient (Wildman–Crippen LogP) is -4.62. The molecule has 0 spiro atoms. The second-order valence-electron chi connectivity index (χ2n) is 5.40. The first kappa shape index (κ1) is 18.4. The van der Waals surface area contributed by atoms with E-state index in [1.807, 2.05) is 0 Å². The lowest BCUT2D eigenvalue weighted by molar-refractivity contribution is -0.311. The van der Waals surface area contributed by atoms with E-state index in [4.69, 9.17) is 24.4 Å². The molecule has 0 saturated carbocycles. The summed E-state index contributed by atoms with van der Waals surface area (Å²) in [5.41, 5.74) is 0. The fraction of sp³-hybridized carbons (Fsp3) is 0.917. The third-order valence-corrected chi connectivity index (χ3v) is 3.90. The van der Waals surface area contributed by atoms with Crippen LogP contribution in [0.15, 0.2) is 0 Å². The summed E-state index contributed by atoms with van der Waals surface area (Å²) in [4.78, 5) is 11.0. The van der Waals surface area contributed by atoms with Crippen molar-refractivity contribution < 1.29 is 54.8 Å². The SMILES string of the molecule is O=C(O)C1O[C@@H](O[C@@H]2C(CO)O[C@@H](CO)C2O)[C@@H](O)C(O)[C@@H]1O. The number of carboxylic acids is 1. The summed E-state index contributed by atoms with van der Waals surface area (Å²) < 4.78 is 15.3. The summed E-state index contributed by atoms with van der Waals surface area (Å²) in [5.74, 6) is -1.58. The van der Waals surface area contributed by atoms with Crippen LogP contribution in [0, 0.1) is 0 Å². The first-order valence-electron chi connectivity index (χ1n) is 6.95. The van der Waals surface area contributed by atoms with Crippen molar-refractivity contribution in [3.8, 4) is 0 Å². The zero-order chi connectivity index (χ0) is 17.3. The molecule has 9 atom stereocenters. The van der Waals surface area contributed by atoms with Gasteiger partial charge in [0.15, 0.2) is 12.4 Å². The zero-order valence-corrected chi connectivity index (χ0v) is 11.9. The Morgan fingerprint density at radius 3 is 2.00 bits per heavy atom. The maximum atomic E-state index is 11.0. The molecule has 0 bridgehead atoms. The molecule has 2 rings (SSSR count). The standard InChI is InChI=1S/C12H20O11/c13-1-3-5(15)9(4(2-14)21-3)22-12-8(18)6(16)7(17)10(23-12)11(19)20/h3-10,12-18H,1-2H2,(H,19,20)/t3-,4?,5?,6?,7-,8-,9+,10?,12+/m0/s1. The third kappa shape index (κ3) is 3.47. The van der Waals surface area contributed by atoms with Crippen molar-refractivity contribution in [1.29, 1.82) is 0 Å². The Balaban J connectivity index is 2.12. The fourth-order valence-corrected chi connectivity index (χ4v) is 2.60. The van der Waals surface area contributed by atoms with Gasteiger partial charge in [0.1, 0.15) is 42.7 Å². The number of carboxylic acid groups (broad SMARTS) is 1. The molecule has 2 aliphatic rings. The van der Waals surface area contributed by atoms with Crippen LogP contribution in [0.2, 0.25) is 0 Å². The second kappa shape index (κ2) is 7.34. The topological polar surface area (TPSA) is 186 Å². The average Bonchev–Trinajstić information content (AvgIpc) is 2.83. The predicted molar refractivity (Wildman–Crippen MR) is 68.0 cm³/mol. The number of aliphatic carboxylic acids is 1. The zero-order valence-electron chi connectivity index (χ0n) is 11.9. The Bertz CT molecular complexity index is 416. The number of aliphatic hydroxyl groups is 6. The summed E-state index contributed by atoms with van der Waals surface area (Å²) in [6.07, 6.45) is -13.8. The molecule has 0 amide bonds. The molecule has 4 unspecified atom stereocenters. The number of hydrogen-bond acceptors (Lipinski definition) is 10. The van der Waals surface area contributed by atoms with Crippen LogP contribution in [0.1, 0.15) is 0 Å². The van der Waals surface area contributed by atoms with Crippen LogP contribution in [0.5, 0.6) is 0 Å². The Hall–Kier alpha value is -0.890. The van der Waals surface area contributed by atoms with Crippen LogP contribution >= 0.6 is 0 Å². The van der Waals surface area contributed by atoms with Gasteiger partial charge >= 0.3 is 5.97 Å². The smallest absolute Gasteiger partial charge is 0.335 e. The molecule has 0 aromatic carbocycles. The van der Waals surface area contributed by atoms with Gasteiger partial charge in [-0.3, -0.25) is 0 Å². The van der Waals surface area contributed by atoms with Gasteiger partial charge in [0.05, 0.1) is 13.2 Å². The van der Waals surface area contributed by atoms with E-state index in [9.17, 15) is 30.3 Å². The lowest BCUT2D eigenvalue weighted by Gasteiger charge is -2.40. The molecule has 0 aromatic rings. The highest BCUT2D eigenvalue weighted by Gasteiger charge is 2.51. The second-order valence-corrected chi connectivity index (χ2v) is 5.40. The molecule has 2 aliphatic heterocycles. The van der Waals surface area contributed by atoms with Crippen molar-refractivity contribution in [3.05, 3.63) is 0 Å². The molecule has 0 aliphatic carbocycles. The number of hydrogen-bond donors (Lipinski definition) is 7. The molecule has 0 aromatic heterocycles. The minimum atomic E-state index is -1.87. The van der Waals surface area contributed by atoms with Crippen molar-refractivity contribution in [2.75, 3.05) is 13.2 Å². The molecule has 11 heteroatoms. The highest BCUT2D eigenvalue weighted by Crippen LogP contribution is 2.29. The van der Waals surface area contributed by atoms with Crippen molar-refractivity contribution in [3.63, 3.8) is 0 Å². The molecule has 7 N–H and O–H groups in total. The van der Waals surface area contributed by atoms with E-state index in [1.165, 1.54) is 0 Å². The summed E-state index contributed by atoms with van der Waals surface area (Å²) >= 11 is 0. The summed E-state index contributed by atoms with van der Waals surface area (Å²) in [7, 11) is 0. The quantitative estimate of drug-likeness (QED) is 0.255. The van der Waals surface area contributed by atoms with Crippen LogP contribution in [0.4, 0.5) is 0 Å². The minimum absolute atomic E-state index is 0.551. The van der Waals surface area contributed by atoms with E-state index >= 15 is 0 Å². The normalized spacial score (nSPS) is 47.7. The van der Waals surface area contributed by atoms with Gasteiger partial charge in [-0.05, 0) is 0 Å². The lowest BCUT2D eigenvalue weighted by Crippen LogP contribution is -2.61. The number of carbonyl (C=O) groups is 1. The molecule has 2 fully saturated rings. The van der Waals surface area contributed by atoms with E-state index in [-0.39, 0.29) is 0 Å². The maximum Gasteiger partial charge on any atom is 0.335 e. The number of ether oxygens (including phenoxy) is 3. The van der Waals surface area contributed by atoms with E-state index in [0.29, 0.717) is 0 Å². The van der Waals surface area contributed by atoms with Gasteiger partial charge in [-0.25, -0.2) is 4.79 Å². The Morgan fingerprint density at radius 1 is 0.870 bits per heavy atom. The molecule has 11 nitrogen and oxygen atoms in total. The van der Waals surface area contributed by atoms with Crippen molar-refractivity contribution >= 4 is 5.97 Å². The van der Waals surface area contributed by atoms with Gasteiger partial charge in [0, 0.05) is 0 Å². The molecule has 23 heavy (non-hydrogen) atoms. The van der Waals surface area contributed by atoms with Crippen LogP contribution in [-0.4, -0.2) is 110 Å². The van der Waals surface area contributed by atoms with E-state index in [2.05, 4.69) is 0 Å². The molecule has 2 heterocycles. The van der Waals surface area contributed by atoms with Crippen molar-refractivity contribution in [1.82, 2.24) is 0 Å². The van der Waals surface area contributed by atoms with Crippen LogP contribution in [0.3, 0.4) is 0 Å². The van der Waals surface area contributed by atoms with Gasteiger partial charge in [-0.1, -0.05) is 0 Å². The summed E-state index contributed by atoms with van der Waals surface area (Å²) in [5, 5.41) is 66.3. The van der Waals surface area contributed by atoms with E-state index in [0.717, 1.165) is 0 Å². The Morgan fingerprint density at radius 2 is 1.48 bits per heavy atom. The van der Waals surface area contributed by atoms with Crippen LogP contribution in [0.25, 0.3) is 0 Å². The summed E-state index contributed by atoms with van der Waals surface area (Å²) in [6, 6.07) is 0. The van der Waals surface area contributed by atoms with Gasteiger partial charge in [-0.15, -0.1) is 0 Å². The fourth-order valence-electron chi connectivity index (χ4n) is 2.60. The minimum Gasteiger partial charge on any atom is -0.479 e. The van der Waals surface area contributed by atoms with Crippen molar-refractivity contribution in [2.24, 2.45) is 0 Å². The van der Waals surface area contributed by atoms with Gasteiger partial charge in [0.2, 0.25) is 0 Å². The Kier molecular flexibility index (Phi) is 5.89. The monoisotopic (exact) mass is 340 g/mol. The first-order valence-corrected chi connectivity index (χ1v) is 6.95. The van der Waals surface area contributed by atoms with Gasteiger partial charge < -0.3 is 50.0 Å². The average molecular weight is 340 g/mol. The maximum absolute atomic E-state index is 11.0.